The van der Waals surface area contributed by atoms with Crippen molar-refractivity contribution in [3.8, 4) is 0 Å². The van der Waals surface area contributed by atoms with E-state index in [0.29, 0.717) is 0 Å². The zero-order valence-electron chi connectivity index (χ0n) is 8.93. The molecule has 8 heteroatoms. The molecular weight excluding hydrogens is 244 g/mol. The van der Waals surface area contributed by atoms with Crippen LogP contribution in [0.1, 0.15) is 12.6 Å². The van der Waals surface area contributed by atoms with Gasteiger partial charge in [-0.15, -0.1) is 0 Å². The highest BCUT2D eigenvalue weighted by molar-refractivity contribution is 7.80. The van der Waals surface area contributed by atoms with Gasteiger partial charge in [0.25, 0.3) is 5.72 Å². The molecule has 0 aliphatic carbocycles. The van der Waals surface area contributed by atoms with Crippen LogP contribution in [0.4, 0.5) is 5.82 Å². The molecule has 1 unspecified atom stereocenters. The minimum absolute atomic E-state index is 0.0343. The van der Waals surface area contributed by atoms with Gasteiger partial charge in [0.1, 0.15) is 5.69 Å². The van der Waals surface area contributed by atoms with E-state index in [0.717, 1.165) is 0 Å². The molecule has 2 heterocycles. The summed E-state index contributed by atoms with van der Waals surface area (Å²) >= 11 is 4.88. The average molecular weight is 254 g/mol. The molecule has 1 aromatic heterocycles. The lowest BCUT2D eigenvalue weighted by Crippen LogP contribution is -2.57. The first-order chi connectivity index (χ1) is 8.08. The second-order valence-electron chi connectivity index (χ2n) is 3.26. The second kappa shape index (κ2) is 4.22. The summed E-state index contributed by atoms with van der Waals surface area (Å²) in [6.45, 7) is 1.77. The van der Waals surface area contributed by atoms with Gasteiger partial charge < -0.3 is 20.5 Å². The minimum Gasteiger partial charge on any atom is -0.462 e. The minimum atomic E-state index is -2.10. The van der Waals surface area contributed by atoms with Crippen LogP contribution in [-0.2, 0) is 15.3 Å². The third kappa shape index (κ3) is 1.92. The first-order valence-electron chi connectivity index (χ1n) is 4.88. The van der Waals surface area contributed by atoms with E-state index in [1.54, 1.807) is 6.92 Å². The maximum Gasteiger partial charge on any atom is 0.366 e. The fraction of sp³-hybridized carbons (Fsp3) is 0.333. The van der Waals surface area contributed by atoms with Crippen LogP contribution in [0, 0.1) is 0 Å². The molecule has 1 aromatic rings. The zero-order valence-corrected chi connectivity index (χ0v) is 9.74. The van der Waals surface area contributed by atoms with Gasteiger partial charge in [-0.2, -0.15) is 0 Å². The van der Waals surface area contributed by atoms with Gasteiger partial charge in [-0.3, -0.25) is 4.98 Å². The predicted octanol–water partition coefficient (Wildman–Crippen LogP) is -0.515. The van der Waals surface area contributed by atoms with Crippen LogP contribution in [0.5, 0.6) is 0 Å². The molecule has 0 radical (unpaired) electrons. The van der Waals surface area contributed by atoms with Gasteiger partial charge >= 0.3 is 5.97 Å². The number of rotatable bonds is 2. The van der Waals surface area contributed by atoms with Gasteiger partial charge in [-0.25, -0.2) is 9.78 Å². The number of nitrogens with zero attached hydrogens (tertiary/aromatic N) is 2. The summed E-state index contributed by atoms with van der Waals surface area (Å²) in [6.07, 6.45) is 2.78. The number of nitrogens with one attached hydrogen (secondary N) is 2. The molecule has 1 aliphatic rings. The highest BCUT2D eigenvalue weighted by Gasteiger charge is 2.47. The van der Waals surface area contributed by atoms with Gasteiger partial charge in [0.2, 0.25) is 0 Å². The van der Waals surface area contributed by atoms with E-state index in [4.69, 9.17) is 17.0 Å². The van der Waals surface area contributed by atoms with Gasteiger partial charge in [0, 0.05) is 12.4 Å². The molecule has 90 valence electrons. The fourth-order valence-corrected chi connectivity index (χ4v) is 1.68. The highest BCUT2D eigenvalue weighted by Crippen LogP contribution is 2.27. The predicted molar refractivity (Wildman–Crippen MR) is 61.9 cm³/mol. The van der Waals surface area contributed by atoms with Crippen LogP contribution >= 0.6 is 12.2 Å². The number of carbonyl (C=O) groups is 1. The molecule has 0 aromatic carbocycles. The number of anilines is 1. The molecule has 0 bridgehead atoms. The van der Waals surface area contributed by atoms with Gasteiger partial charge in [-0.05, 0) is 19.1 Å². The maximum atomic E-state index is 11.7. The fourth-order valence-electron chi connectivity index (χ4n) is 1.44. The lowest BCUT2D eigenvalue weighted by molar-refractivity contribution is -0.169. The summed E-state index contributed by atoms with van der Waals surface area (Å²) in [4.78, 5) is 19.6. The first kappa shape index (κ1) is 11.7. The molecule has 2 rings (SSSR count). The standard InChI is InChI=1S/C9H10N4O3S/c1-2-16-7(14)9(15)5-6(11-4-3-10-5)12-8(17)13-9/h3-4,15H,2H2,1H3,(H2,11,12,13,17). The zero-order chi connectivity index (χ0) is 12.5. The SMILES string of the molecule is CCOC(=O)C1(O)NC(=S)Nc2nccnc21. The summed E-state index contributed by atoms with van der Waals surface area (Å²) in [5.41, 5.74) is -2.06. The normalized spacial score (nSPS) is 22.1. The van der Waals surface area contributed by atoms with E-state index in [9.17, 15) is 9.90 Å². The Morgan fingerprint density at radius 3 is 3.00 bits per heavy atom. The number of thiocarbonyl (C=S) groups is 1. The van der Waals surface area contributed by atoms with Crippen LogP contribution in [0.2, 0.25) is 0 Å². The van der Waals surface area contributed by atoms with E-state index in [-0.39, 0.29) is 23.2 Å². The number of aliphatic hydroxyl groups is 1. The van der Waals surface area contributed by atoms with Crippen molar-refractivity contribution in [1.29, 1.82) is 0 Å². The molecule has 0 fully saturated rings. The Hall–Kier alpha value is -1.80. The third-order valence-electron chi connectivity index (χ3n) is 2.14. The number of fused-ring (bicyclic) bond motifs is 1. The Bertz CT molecular complexity index is 481. The maximum absolute atomic E-state index is 11.7. The van der Waals surface area contributed by atoms with Crippen molar-refractivity contribution in [3.05, 3.63) is 18.1 Å². The summed E-state index contributed by atoms with van der Waals surface area (Å²) < 4.78 is 4.78. The molecule has 3 N–H and O–H groups in total. The second-order valence-corrected chi connectivity index (χ2v) is 3.67. The van der Waals surface area contributed by atoms with Gasteiger partial charge in [0.15, 0.2) is 10.9 Å². The van der Waals surface area contributed by atoms with Crippen LogP contribution in [0.25, 0.3) is 0 Å². The molecule has 7 nitrogen and oxygen atoms in total. The molecular formula is C9H10N4O3S. The number of aromatic nitrogens is 2. The first-order valence-corrected chi connectivity index (χ1v) is 5.29. The Morgan fingerprint density at radius 2 is 2.29 bits per heavy atom. The Kier molecular flexibility index (Phi) is 2.90. The van der Waals surface area contributed by atoms with E-state index < -0.39 is 11.7 Å². The van der Waals surface area contributed by atoms with Crippen LogP contribution in [-0.4, -0.2) is 32.8 Å². The third-order valence-corrected chi connectivity index (χ3v) is 2.34. The Morgan fingerprint density at radius 1 is 1.59 bits per heavy atom. The average Bonchev–Trinajstić information content (AvgIpc) is 2.29. The lowest BCUT2D eigenvalue weighted by Gasteiger charge is -2.32. The smallest absolute Gasteiger partial charge is 0.366 e. The van der Waals surface area contributed by atoms with E-state index >= 15 is 0 Å². The number of carbonyl (C=O) groups excluding carboxylic acids is 1. The van der Waals surface area contributed by atoms with Crippen molar-refractivity contribution < 1.29 is 14.6 Å². The highest BCUT2D eigenvalue weighted by atomic mass is 32.1. The van der Waals surface area contributed by atoms with Crippen molar-refractivity contribution in [2.24, 2.45) is 0 Å². The van der Waals surface area contributed by atoms with E-state index in [2.05, 4.69) is 20.6 Å². The van der Waals surface area contributed by atoms with Crippen molar-refractivity contribution in [1.82, 2.24) is 15.3 Å². The number of ether oxygens (including phenoxy) is 1. The van der Waals surface area contributed by atoms with Crippen LogP contribution in [0.3, 0.4) is 0 Å². The lowest BCUT2D eigenvalue weighted by atomic mass is 10.1. The number of esters is 1. The van der Waals surface area contributed by atoms with Crippen molar-refractivity contribution in [2.45, 2.75) is 12.6 Å². The Labute approximate surface area is 102 Å². The molecule has 1 aliphatic heterocycles. The summed E-state index contributed by atoms with van der Waals surface area (Å²) in [7, 11) is 0. The Balaban J connectivity index is 2.47. The summed E-state index contributed by atoms with van der Waals surface area (Å²) in [5, 5.41) is 15.5. The van der Waals surface area contributed by atoms with Crippen molar-refractivity contribution in [2.75, 3.05) is 11.9 Å². The molecule has 17 heavy (non-hydrogen) atoms. The van der Waals surface area contributed by atoms with Crippen molar-refractivity contribution in [3.63, 3.8) is 0 Å². The van der Waals surface area contributed by atoms with Crippen LogP contribution in [0.15, 0.2) is 12.4 Å². The molecule has 1 atom stereocenters. The van der Waals surface area contributed by atoms with E-state index in [1.807, 2.05) is 0 Å². The molecule has 0 saturated heterocycles. The number of hydrogen-bond donors (Lipinski definition) is 3. The van der Waals surface area contributed by atoms with Crippen molar-refractivity contribution >= 4 is 29.1 Å². The quantitative estimate of drug-likeness (QED) is 0.479. The topological polar surface area (TPSA) is 96.4 Å². The van der Waals surface area contributed by atoms with Gasteiger partial charge in [0.05, 0.1) is 6.61 Å². The molecule has 0 amide bonds. The summed E-state index contributed by atoms with van der Waals surface area (Å²) in [6, 6.07) is 0. The monoisotopic (exact) mass is 254 g/mol. The molecule has 0 saturated carbocycles. The van der Waals surface area contributed by atoms with Crippen LogP contribution < -0.4 is 10.6 Å². The van der Waals surface area contributed by atoms with Gasteiger partial charge in [-0.1, -0.05) is 0 Å². The number of hydrogen-bond acceptors (Lipinski definition) is 6. The van der Waals surface area contributed by atoms with E-state index in [1.165, 1.54) is 12.4 Å². The summed E-state index contributed by atoms with van der Waals surface area (Å²) in [5.74, 6) is -0.641. The molecule has 0 spiro atoms. The largest absolute Gasteiger partial charge is 0.462 e.